The minimum atomic E-state index is -0.887. The van der Waals surface area contributed by atoms with Crippen molar-refractivity contribution in [3.05, 3.63) is 59.2 Å². The molecule has 0 saturated heterocycles. The molecule has 0 aromatic heterocycles. The van der Waals surface area contributed by atoms with Gasteiger partial charge in [-0.2, -0.15) is 0 Å². The molecule has 1 heterocycles. The first-order chi connectivity index (χ1) is 17.2. The van der Waals surface area contributed by atoms with E-state index in [0.29, 0.717) is 11.4 Å². The fourth-order valence-electron chi connectivity index (χ4n) is 4.17. The number of esters is 1. The molecule has 2 aliphatic rings. The van der Waals surface area contributed by atoms with Crippen LogP contribution >= 0.6 is 0 Å². The number of anilines is 2. The molecule has 0 spiro atoms. The Bertz CT molecular complexity index is 1250. The Labute approximate surface area is 206 Å². The second-order valence-electron chi connectivity index (χ2n) is 8.51. The van der Waals surface area contributed by atoms with Crippen molar-refractivity contribution in [2.45, 2.75) is 38.6 Å². The fourth-order valence-corrected chi connectivity index (χ4v) is 4.17. The number of hydrogen-bond donors (Lipinski definition) is 3. The molecule has 1 fully saturated rings. The molecule has 36 heavy (non-hydrogen) atoms. The summed E-state index contributed by atoms with van der Waals surface area (Å²) in [5, 5.41) is 7.40. The molecular formula is C25H24N4O7. The van der Waals surface area contributed by atoms with Crippen LogP contribution < -0.4 is 20.9 Å². The quantitative estimate of drug-likeness (QED) is 0.414. The van der Waals surface area contributed by atoms with E-state index in [1.807, 2.05) is 0 Å². The summed E-state index contributed by atoms with van der Waals surface area (Å²) in [4.78, 5) is 74.2. The van der Waals surface area contributed by atoms with Gasteiger partial charge < -0.3 is 15.4 Å². The smallest absolute Gasteiger partial charge is 0.338 e. The first kappa shape index (κ1) is 24.6. The number of rotatable bonds is 6. The topological polar surface area (TPSA) is 151 Å². The predicted molar refractivity (Wildman–Crippen MR) is 128 cm³/mol. The van der Waals surface area contributed by atoms with Crippen molar-refractivity contribution in [3.8, 4) is 0 Å². The third-order valence-corrected chi connectivity index (χ3v) is 5.85. The van der Waals surface area contributed by atoms with Crippen LogP contribution in [0.5, 0.6) is 0 Å². The van der Waals surface area contributed by atoms with Gasteiger partial charge in [0.2, 0.25) is 5.91 Å². The second-order valence-corrected chi connectivity index (χ2v) is 8.51. The third-order valence-electron chi connectivity index (χ3n) is 5.85. The van der Waals surface area contributed by atoms with Crippen LogP contribution in [-0.2, 0) is 14.3 Å². The minimum Gasteiger partial charge on any atom is -0.452 e. The lowest BCUT2D eigenvalue weighted by molar-refractivity contribution is -0.123. The zero-order chi connectivity index (χ0) is 25.8. The highest BCUT2D eigenvalue weighted by molar-refractivity contribution is 6.34. The van der Waals surface area contributed by atoms with Crippen molar-refractivity contribution in [2.75, 3.05) is 16.8 Å². The average Bonchev–Trinajstić information content (AvgIpc) is 3.43. The van der Waals surface area contributed by atoms with Gasteiger partial charge >= 0.3 is 12.0 Å². The number of carbonyl (C=O) groups excluding carboxylic acids is 6. The van der Waals surface area contributed by atoms with Crippen LogP contribution in [0.1, 0.15) is 63.7 Å². The number of ether oxygens (including phenoxy) is 1. The highest BCUT2D eigenvalue weighted by Crippen LogP contribution is 2.30. The number of hydrogen-bond acceptors (Lipinski definition) is 7. The van der Waals surface area contributed by atoms with E-state index in [1.54, 1.807) is 12.1 Å². The van der Waals surface area contributed by atoms with Crippen LogP contribution in [-0.4, -0.2) is 48.3 Å². The van der Waals surface area contributed by atoms with Crippen molar-refractivity contribution in [3.63, 3.8) is 0 Å². The molecule has 0 unspecified atom stereocenters. The van der Waals surface area contributed by atoms with E-state index in [0.717, 1.165) is 30.6 Å². The maximum atomic E-state index is 12.9. The van der Waals surface area contributed by atoms with Crippen molar-refractivity contribution in [1.29, 1.82) is 0 Å². The second kappa shape index (κ2) is 10.4. The van der Waals surface area contributed by atoms with E-state index >= 15 is 0 Å². The summed E-state index contributed by atoms with van der Waals surface area (Å²) in [5.74, 6) is -3.12. The van der Waals surface area contributed by atoms with Crippen LogP contribution in [0.4, 0.5) is 16.2 Å². The van der Waals surface area contributed by atoms with E-state index < -0.39 is 36.3 Å². The van der Waals surface area contributed by atoms with E-state index in [9.17, 15) is 28.8 Å². The highest BCUT2D eigenvalue weighted by Gasteiger charge is 2.37. The van der Waals surface area contributed by atoms with Gasteiger partial charge in [-0.3, -0.25) is 24.5 Å². The van der Waals surface area contributed by atoms with Gasteiger partial charge in [-0.05, 0) is 55.3 Å². The van der Waals surface area contributed by atoms with Crippen molar-refractivity contribution < 1.29 is 33.5 Å². The highest BCUT2D eigenvalue weighted by atomic mass is 16.5. The lowest BCUT2D eigenvalue weighted by atomic mass is 10.1. The molecule has 3 N–H and O–H groups in total. The Morgan fingerprint density at radius 3 is 2.28 bits per heavy atom. The van der Waals surface area contributed by atoms with Gasteiger partial charge in [-0.1, -0.05) is 12.8 Å². The molecule has 11 heteroatoms. The summed E-state index contributed by atoms with van der Waals surface area (Å²) < 4.78 is 4.96. The average molecular weight is 492 g/mol. The zero-order valence-corrected chi connectivity index (χ0v) is 19.5. The van der Waals surface area contributed by atoms with E-state index in [1.165, 1.54) is 37.3 Å². The molecule has 1 aliphatic heterocycles. The molecule has 2 aromatic rings. The van der Waals surface area contributed by atoms with Crippen LogP contribution in [0, 0.1) is 0 Å². The van der Waals surface area contributed by atoms with Crippen LogP contribution in [0.15, 0.2) is 42.5 Å². The fraction of sp³-hybridized carbons (Fsp3) is 0.280. The summed E-state index contributed by atoms with van der Waals surface area (Å²) in [6.45, 7) is 0.675. The van der Waals surface area contributed by atoms with E-state index in [2.05, 4.69) is 16.0 Å². The Hall–Kier alpha value is -4.54. The largest absolute Gasteiger partial charge is 0.452 e. The molecule has 0 bridgehead atoms. The van der Waals surface area contributed by atoms with Crippen molar-refractivity contribution in [1.82, 2.24) is 10.6 Å². The lowest BCUT2D eigenvalue weighted by Gasteiger charge is -2.14. The Morgan fingerprint density at radius 1 is 0.944 bits per heavy atom. The summed E-state index contributed by atoms with van der Waals surface area (Å²) in [7, 11) is 0. The number of amides is 6. The Kier molecular flexibility index (Phi) is 7.09. The van der Waals surface area contributed by atoms with E-state index in [-0.39, 0.29) is 28.6 Å². The zero-order valence-electron chi connectivity index (χ0n) is 19.5. The van der Waals surface area contributed by atoms with Crippen LogP contribution in [0.25, 0.3) is 0 Å². The normalized spacial score (nSPS) is 14.9. The molecule has 4 rings (SSSR count). The van der Waals surface area contributed by atoms with Gasteiger partial charge in [-0.15, -0.1) is 0 Å². The number of urea groups is 1. The molecule has 0 atom stereocenters. The number of nitrogens with zero attached hydrogens (tertiary/aromatic N) is 1. The standard InChI is InChI=1S/C25H24N4O7/c1-14(30)26-17-7-9-18(10-8-17)29-22(32)19-11-6-15(12-20(19)23(29)33)24(34)36-13-21(31)28-25(35)27-16-4-2-3-5-16/h6-12,16H,2-5,13H2,1H3,(H,26,30)(H2,27,28,31,35). The maximum Gasteiger partial charge on any atom is 0.338 e. The van der Waals surface area contributed by atoms with Gasteiger partial charge in [0.1, 0.15) is 0 Å². The van der Waals surface area contributed by atoms with Gasteiger partial charge in [0.25, 0.3) is 17.7 Å². The molecule has 2 aromatic carbocycles. The van der Waals surface area contributed by atoms with Gasteiger partial charge in [0.05, 0.1) is 22.4 Å². The molecule has 1 aliphatic carbocycles. The summed E-state index contributed by atoms with van der Waals surface area (Å²) >= 11 is 0. The van der Waals surface area contributed by atoms with Crippen LogP contribution in [0.2, 0.25) is 0 Å². The summed E-state index contributed by atoms with van der Waals surface area (Å²) in [6.07, 6.45) is 3.76. The molecule has 186 valence electrons. The van der Waals surface area contributed by atoms with Crippen molar-refractivity contribution >= 4 is 47.0 Å². The van der Waals surface area contributed by atoms with Gasteiger partial charge in [0.15, 0.2) is 6.61 Å². The lowest BCUT2D eigenvalue weighted by Crippen LogP contribution is -2.45. The molecule has 1 saturated carbocycles. The molecular weight excluding hydrogens is 468 g/mol. The first-order valence-corrected chi connectivity index (χ1v) is 11.4. The SMILES string of the molecule is CC(=O)Nc1ccc(N2C(=O)c3ccc(C(=O)OCC(=O)NC(=O)NC4CCCC4)cc3C2=O)cc1. The molecule has 11 nitrogen and oxygen atoms in total. The monoisotopic (exact) mass is 492 g/mol. The first-order valence-electron chi connectivity index (χ1n) is 11.4. The molecule has 0 radical (unpaired) electrons. The minimum absolute atomic E-state index is 0.0146. The summed E-state index contributed by atoms with van der Waals surface area (Å²) in [6, 6.07) is 9.43. The van der Waals surface area contributed by atoms with Gasteiger partial charge in [0, 0.05) is 18.7 Å². The Morgan fingerprint density at radius 2 is 1.61 bits per heavy atom. The van der Waals surface area contributed by atoms with Crippen molar-refractivity contribution in [2.24, 2.45) is 0 Å². The van der Waals surface area contributed by atoms with E-state index in [4.69, 9.17) is 4.74 Å². The number of carbonyl (C=O) groups is 6. The molecule has 6 amide bonds. The number of fused-ring (bicyclic) bond motifs is 1. The predicted octanol–water partition coefficient (Wildman–Crippen LogP) is 2.37. The van der Waals surface area contributed by atoms with Gasteiger partial charge in [-0.25, -0.2) is 14.5 Å². The number of benzene rings is 2. The van der Waals surface area contributed by atoms with Crippen LogP contribution in [0.3, 0.4) is 0 Å². The number of imide groups is 2. The summed E-state index contributed by atoms with van der Waals surface area (Å²) in [5.41, 5.74) is 0.908. The third kappa shape index (κ3) is 5.40. The Balaban J connectivity index is 1.37. The maximum absolute atomic E-state index is 12.9. The number of nitrogens with one attached hydrogen (secondary N) is 3.